The highest BCUT2D eigenvalue weighted by Crippen LogP contribution is 2.46. The molecule has 154 valence electrons. The molecule has 2 aromatic carbocycles. The van der Waals surface area contributed by atoms with Gasteiger partial charge in [-0.3, -0.25) is 4.79 Å². The molecule has 1 heterocycles. The highest BCUT2D eigenvalue weighted by Gasteiger charge is 2.46. The monoisotopic (exact) mass is 395 g/mol. The van der Waals surface area contributed by atoms with Crippen molar-refractivity contribution >= 4 is 5.91 Å². The van der Waals surface area contributed by atoms with Gasteiger partial charge < -0.3 is 19.1 Å². The number of ether oxygens (including phenoxy) is 3. The molecule has 29 heavy (non-hydrogen) atoms. The second-order valence-electron chi connectivity index (χ2n) is 8.11. The van der Waals surface area contributed by atoms with E-state index in [9.17, 15) is 4.79 Å². The Morgan fingerprint density at radius 2 is 1.55 bits per heavy atom. The van der Waals surface area contributed by atoms with Crippen LogP contribution in [0.25, 0.3) is 0 Å². The number of rotatable bonds is 5. The summed E-state index contributed by atoms with van der Waals surface area (Å²) in [6, 6.07) is 14.8. The smallest absolute Gasteiger partial charge is 0.253 e. The van der Waals surface area contributed by atoms with Crippen LogP contribution in [0.2, 0.25) is 0 Å². The lowest BCUT2D eigenvalue weighted by atomic mass is 9.76. The maximum absolute atomic E-state index is 13.1. The Morgan fingerprint density at radius 1 is 0.931 bits per heavy atom. The molecule has 0 bridgehead atoms. The van der Waals surface area contributed by atoms with Crippen LogP contribution in [0.1, 0.15) is 42.5 Å². The molecule has 1 saturated carbocycles. The van der Waals surface area contributed by atoms with Crippen LogP contribution >= 0.6 is 0 Å². The number of piperidine rings is 1. The fourth-order valence-electron chi connectivity index (χ4n) is 4.90. The zero-order valence-electron chi connectivity index (χ0n) is 17.2. The highest BCUT2D eigenvalue weighted by atomic mass is 16.5. The molecule has 0 radical (unpaired) electrons. The van der Waals surface area contributed by atoms with E-state index in [-0.39, 0.29) is 17.4 Å². The highest BCUT2D eigenvalue weighted by molar-refractivity contribution is 5.94. The summed E-state index contributed by atoms with van der Waals surface area (Å²) >= 11 is 0. The maximum Gasteiger partial charge on any atom is 0.253 e. The van der Waals surface area contributed by atoms with Crippen molar-refractivity contribution in [2.75, 3.05) is 27.3 Å². The van der Waals surface area contributed by atoms with Crippen molar-refractivity contribution in [3.63, 3.8) is 0 Å². The number of hydrogen-bond donors (Lipinski definition) is 0. The third-order valence-corrected chi connectivity index (χ3v) is 6.40. The summed E-state index contributed by atoms with van der Waals surface area (Å²) in [7, 11) is 3.44. The van der Waals surface area contributed by atoms with Gasteiger partial charge in [0.2, 0.25) is 0 Å². The Kier molecular flexibility index (Phi) is 5.76. The molecule has 1 spiro atoms. The van der Waals surface area contributed by atoms with Gasteiger partial charge in [0.25, 0.3) is 5.91 Å². The van der Waals surface area contributed by atoms with Crippen LogP contribution in [0.3, 0.4) is 0 Å². The van der Waals surface area contributed by atoms with Gasteiger partial charge in [-0.05, 0) is 74.2 Å². The fourth-order valence-corrected chi connectivity index (χ4v) is 4.90. The average Bonchev–Trinajstić information content (AvgIpc) is 3.15. The third-order valence-electron chi connectivity index (χ3n) is 6.40. The zero-order valence-corrected chi connectivity index (χ0v) is 17.2. The minimum Gasteiger partial charge on any atom is -0.497 e. The van der Waals surface area contributed by atoms with E-state index in [2.05, 4.69) is 0 Å². The summed E-state index contributed by atoms with van der Waals surface area (Å²) in [4.78, 5) is 15.1. The van der Waals surface area contributed by atoms with Gasteiger partial charge in [0.15, 0.2) is 0 Å². The van der Waals surface area contributed by atoms with Gasteiger partial charge >= 0.3 is 0 Å². The van der Waals surface area contributed by atoms with E-state index in [4.69, 9.17) is 14.2 Å². The van der Waals surface area contributed by atoms with Gasteiger partial charge in [-0.25, -0.2) is 0 Å². The van der Waals surface area contributed by atoms with Crippen LogP contribution in [-0.4, -0.2) is 44.2 Å². The van der Waals surface area contributed by atoms with Crippen LogP contribution in [0.5, 0.6) is 17.2 Å². The Hall–Kier alpha value is -2.53. The lowest BCUT2D eigenvalue weighted by Gasteiger charge is -2.43. The number of benzene rings is 2. The molecule has 5 heteroatoms. The molecular weight excluding hydrogens is 366 g/mol. The molecule has 1 amide bonds. The molecule has 0 N–H and O–H groups in total. The normalized spacial score (nSPS) is 23.9. The largest absolute Gasteiger partial charge is 0.497 e. The Balaban J connectivity index is 1.42. The molecular formula is C24H29NO4. The molecule has 1 aliphatic heterocycles. The number of methoxy groups -OCH3 is 2. The molecule has 1 aliphatic carbocycles. The number of carbonyl (C=O) groups is 1. The first kappa shape index (κ1) is 19.8. The second kappa shape index (κ2) is 8.46. The van der Waals surface area contributed by atoms with E-state index in [0.717, 1.165) is 50.3 Å². The van der Waals surface area contributed by atoms with Crippen LogP contribution in [0, 0.1) is 5.41 Å². The molecule has 2 atom stereocenters. The van der Waals surface area contributed by atoms with Crippen LogP contribution in [-0.2, 0) is 4.74 Å². The van der Waals surface area contributed by atoms with Gasteiger partial charge in [0.05, 0.1) is 13.2 Å². The standard InChI is InChI=1S/C24H29NO4/c1-27-19-10-12-21(13-11-19)29-20-8-6-18(7-9-20)23(26)25-16-4-15-24(17-25)14-3-5-22(24)28-2/h6-13,22H,3-5,14-17H2,1-2H3/t22-,24-/m1/s1. The molecule has 0 unspecified atom stereocenters. The van der Waals surface area contributed by atoms with Crippen LogP contribution in [0.15, 0.2) is 48.5 Å². The SMILES string of the molecule is COc1ccc(Oc2ccc(C(=O)N3CCC[C@]4(CCC[C@H]4OC)C3)cc2)cc1. The fraction of sp³-hybridized carbons (Fsp3) is 0.458. The number of carbonyl (C=O) groups excluding carboxylic acids is 1. The van der Waals surface area contributed by atoms with E-state index in [1.165, 1.54) is 6.42 Å². The Labute approximate surface area is 172 Å². The van der Waals surface area contributed by atoms with Crippen molar-refractivity contribution in [1.29, 1.82) is 0 Å². The number of likely N-dealkylation sites (tertiary alicyclic amines) is 1. The predicted octanol–water partition coefficient (Wildman–Crippen LogP) is 4.91. The first-order chi connectivity index (χ1) is 14.1. The minimum absolute atomic E-state index is 0.0989. The van der Waals surface area contributed by atoms with Gasteiger partial charge in [-0.1, -0.05) is 6.42 Å². The zero-order chi connectivity index (χ0) is 20.3. The second-order valence-corrected chi connectivity index (χ2v) is 8.11. The Bertz CT molecular complexity index is 833. The third kappa shape index (κ3) is 4.10. The van der Waals surface area contributed by atoms with Gasteiger partial charge in [0, 0.05) is 31.2 Å². The average molecular weight is 395 g/mol. The number of nitrogens with zero attached hydrogens (tertiary/aromatic N) is 1. The van der Waals surface area contributed by atoms with Crippen molar-refractivity contribution in [2.45, 2.75) is 38.2 Å². The summed E-state index contributed by atoms with van der Waals surface area (Å²) in [5.41, 5.74) is 0.844. The van der Waals surface area contributed by atoms with E-state index in [0.29, 0.717) is 11.3 Å². The van der Waals surface area contributed by atoms with Crippen molar-refractivity contribution < 1.29 is 19.0 Å². The molecule has 1 saturated heterocycles. The van der Waals surface area contributed by atoms with Crippen molar-refractivity contribution in [1.82, 2.24) is 4.90 Å². The summed E-state index contributed by atoms with van der Waals surface area (Å²) < 4.78 is 16.8. The summed E-state index contributed by atoms with van der Waals surface area (Å²) in [6.45, 7) is 1.62. The summed E-state index contributed by atoms with van der Waals surface area (Å²) in [6.07, 6.45) is 5.93. The Morgan fingerprint density at radius 3 is 2.21 bits per heavy atom. The van der Waals surface area contributed by atoms with Gasteiger partial charge in [0.1, 0.15) is 17.2 Å². The minimum atomic E-state index is 0.0989. The molecule has 2 fully saturated rings. The van der Waals surface area contributed by atoms with Gasteiger partial charge in [-0.2, -0.15) is 0 Å². The lowest BCUT2D eigenvalue weighted by molar-refractivity contribution is -0.0295. The number of hydrogen-bond acceptors (Lipinski definition) is 4. The lowest BCUT2D eigenvalue weighted by Crippen LogP contribution is -2.49. The predicted molar refractivity (Wildman–Crippen MR) is 112 cm³/mol. The van der Waals surface area contributed by atoms with E-state index < -0.39 is 0 Å². The van der Waals surface area contributed by atoms with Crippen LogP contribution in [0.4, 0.5) is 0 Å². The van der Waals surface area contributed by atoms with E-state index in [1.807, 2.05) is 53.4 Å². The first-order valence-electron chi connectivity index (χ1n) is 10.4. The topological polar surface area (TPSA) is 48.0 Å². The quantitative estimate of drug-likeness (QED) is 0.722. The van der Waals surface area contributed by atoms with E-state index in [1.54, 1.807) is 14.2 Å². The van der Waals surface area contributed by atoms with Gasteiger partial charge in [-0.15, -0.1) is 0 Å². The van der Waals surface area contributed by atoms with Crippen LogP contribution < -0.4 is 9.47 Å². The first-order valence-corrected chi connectivity index (χ1v) is 10.4. The summed E-state index contributed by atoms with van der Waals surface area (Å²) in [5.74, 6) is 2.32. The molecule has 4 rings (SSSR count). The molecule has 5 nitrogen and oxygen atoms in total. The maximum atomic E-state index is 13.1. The van der Waals surface area contributed by atoms with Crippen molar-refractivity contribution in [3.05, 3.63) is 54.1 Å². The molecule has 2 aromatic rings. The van der Waals surface area contributed by atoms with Crippen molar-refractivity contribution in [3.8, 4) is 17.2 Å². The summed E-state index contributed by atoms with van der Waals surface area (Å²) in [5, 5.41) is 0. The van der Waals surface area contributed by atoms with Crippen molar-refractivity contribution in [2.24, 2.45) is 5.41 Å². The number of amides is 1. The van der Waals surface area contributed by atoms with E-state index >= 15 is 0 Å². The molecule has 2 aliphatic rings. The molecule has 0 aromatic heterocycles.